The number of rotatable bonds is 8. The van der Waals surface area contributed by atoms with Crippen LogP contribution in [0.1, 0.15) is 35.8 Å². The summed E-state index contributed by atoms with van der Waals surface area (Å²) in [7, 11) is 0. The van der Waals surface area contributed by atoms with Crippen LogP contribution in [0, 0.1) is 0 Å². The summed E-state index contributed by atoms with van der Waals surface area (Å²) in [4.78, 5) is 12.0. The molecule has 0 aromatic carbocycles. The fraction of sp³-hybridized carbons (Fsp3) is 0.500. The minimum atomic E-state index is -0.0871. The zero-order valence-corrected chi connectivity index (χ0v) is 11.1. The van der Waals surface area contributed by atoms with Crippen molar-refractivity contribution in [3.63, 3.8) is 0 Å². The molecule has 0 spiro atoms. The van der Waals surface area contributed by atoms with Crippen molar-refractivity contribution < 1.29 is 9.53 Å². The highest BCUT2D eigenvalue weighted by Gasteiger charge is 2.27. The van der Waals surface area contributed by atoms with Gasteiger partial charge in [-0.1, -0.05) is 6.08 Å². The molecule has 1 aromatic heterocycles. The minimum absolute atomic E-state index is 0.0871. The molecule has 1 aromatic rings. The largest absolute Gasteiger partial charge is 0.397 e. The van der Waals surface area contributed by atoms with Crippen LogP contribution in [0.5, 0.6) is 0 Å². The maximum Gasteiger partial charge on any atom is 0.268 e. The number of nitrogens with two attached hydrogens (primary N) is 1. The summed E-state index contributed by atoms with van der Waals surface area (Å²) < 4.78 is 7.31. The molecule has 1 aliphatic rings. The van der Waals surface area contributed by atoms with Gasteiger partial charge in [-0.2, -0.15) is 0 Å². The molecule has 5 nitrogen and oxygen atoms in total. The van der Waals surface area contributed by atoms with Crippen molar-refractivity contribution >= 4 is 11.6 Å². The normalized spacial score (nSPS) is 14.3. The van der Waals surface area contributed by atoms with Crippen LogP contribution in [0.15, 0.2) is 24.9 Å². The number of amides is 1. The summed E-state index contributed by atoms with van der Waals surface area (Å²) in [6.45, 7) is 5.28. The van der Waals surface area contributed by atoms with Crippen LogP contribution in [-0.2, 0) is 4.74 Å². The maximum absolute atomic E-state index is 12.0. The van der Waals surface area contributed by atoms with Crippen LogP contribution >= 0.6 is 0 Å². The van der Waals surface area contributed by atoms with E-state index in [1.807, 2.05) is 16.8 Å². The molecule has 0 atom stereocenters. The van der Waals surface area contributed by atoms with Gasteiger partial charge in [0, 0.05) is 18.8 Å². The summed E-state index contributed by atoms with van der Waals surface area (Å²) in [6, 6.07) is 2.17. The molecule has 0 unspecified atom stereocenters. The van der Waals surface area contributed by atoms with Crippen molar-refractivity contribution in [3.05, 3.63) is 30.6 Å². The van der Waals surface area contributed by atoms with Gasteiger partial charge in [0.15, 0.2) is 0 Å². The van der Waals surface area contributed by atoms with Crippen LogP contribution in [0.3, 0.4) is 0 Å². The smallest absolute Gasteiger partial charge is 0.268 e. The van der Waals surface area contributed by atoms with Crippen molar-refractivity contribution in [1.82, 2.24) is 9.88 Å². The van der Waals surface area contributed by atoms with Gasteiger partial charge in [-0.05, 0) is 25.3 Å². The predicted molar refractivity (Wildman–Crippen MR) is 75.1 cm³/mol. The van der Waals surface area contributed by atoms with Gasteiger partial charge in [0.2, 0.25) is 0 Å². The maximum atomic E-state index is 12.0. The van der Waals surface area contributed by atoms with Gasteiger partial charge in [-0.15, -0.1) is 6.58 Å². The molecule has 0 bridgehead atoms. The van der Waals surface area contributed by atoms with E-state index in [-0.39, 0.29) is 5.91 Å². The first kappa shape index (κ1) is 13.7. The number of nitrogens with one attached hydrogen (secondary N) is 1. The summed E-state index contributed by atoms with van der Waals surface area (Å²) in [6.07, 6.45) is 6.73. The first-order valence-electron chi connectivity index (χ1n) is 6.66. The highest BCUT2D eigenvalue weighted by atomic mass is 16.5. The summed E-state index contributed by atoms with van der Waals surface area (Å²) in [5.41, 5.74) is 7.04. The molecule has 19 heavy (non-hydrogen) atoms. The first-order chi connectivity index (χ1) is 9.22. The Hall–Kier alpha value is -1.75. The Morgan fingerprint density at radius 2 is 2.37 bits per heavy atom. The molecular weight excluding hydrogens is 242 g/mol. The molecule has 0 radical (unpaired) electrons. The van der Waals surface area contributed by atoms with E-state index in [0.717, 1.165) is 19.3 Å². The van der Waals surface area contributed by atoms with Crippen LogP contribution in [0.4, 0.5) is 5.69 Å². The zero-order chi connectivity index (χ0) is 13.7. The highest BCUT2D eigenvalue weighted by molar-refractivity contribution is 5.93. The highest BCUT2D eigenvalue weighted by Crippen LogP contribution is 2.37. The van der Waals surface area contributed by atoms with Gasteiger partial charge in [0.25, 0.3) is 5.91 Å². The first-order valence-corrected chi connectivity index (χ1v) is 6.66. The van der Waals surface area contributed by atoms with E-state index in [2.05, 4.69) is 11.9 Å². The molecule has 1 aliphatic carbocycles. The van der Waals surface area contributed by atoms with E-state index < -0.39 is 0 Å². The topological polar surface area (TPSA) is 69.3 Å². The average Bonchev–Trinajstić information content (AvgIpc) is 3.16. The Bertz CT molecular complexity index is 450. The summed E-state index contributed by atoms with van der Waals surface area (Å²) in [5, 5.41) is 2.85. The summed E-state index contributed by atoms with van der Waals surface area (Å²) >= 11 is 0. The third-order valence-corrected chi connectivity index (χ3v) is 3.04. The second-order valence-corrected chi connectivity index (χ2v) is 4.74. The standard InChI is InChI=1S/C14H21N3O2/c1-2-3-7-19-8-6-16-14(18)13-9-11(15)10-17(13)12-4-5-12/h2,9-10,12H,1,3-8,15H2,(H,16,18). The lowest BCUT2D eigenvalue weighted by Crippen LogP contribution is -2.29. The number of nitrogen functional groups attached to an aromatic ring is 1. The Kier molecular flexibility index (Phi) is 4.63. The number of nitrogens with zero attached hydrogens (tertiary/aromatic N) is 1. The number of anilines is 1. The van der Waals surface area contributed by atoms with Gasteiger partial charge >= 0.3 is 0 Å². The molecular formula is C14H21N3O2. The van der Waals surface area contributed by atoms with Crippen LogP contribution in [0.25, 0.3) is 0 Å². The van der Waals surface area contributed by atoms with Crippen LogP contribution in [-0.4, -0.2) is 30.2 Å². The van der Waals surface area contributed by atoms with Gasteiger partial charge in [-0.25, -0.2) is 0 Å². The predicted octanol–water partition coefficient (Wildman–Crippen LogP) is 1.73. The number of aromatic nitrogens is 1. The number of hydrogen-bond donors (Lipinski definition) is 2. The number of carbonyl (C=O) groups is 1. The Morgan fingerprint density at radius 1 is 1.58 bits per heavy atom. The second kappa shape index (κ2) is 6.43. The lowest BCUT2D eigenvalue weighted by atomic mass is 10.3. The number of carbonyl (C=O) groups excluding carboxylic acids is 1. The molecule has 1 saturated carbocycles. The summed E-state index contributed by atoms with van der Waals surface area (Å²) in [5.74, 6) is -0.0871. The van der Waals surface area contributed by atoms with Crippen molar-refractivity contribution in [3.8, 4) is 0 Å². The fourth-order valence-electron chi connectivity index (χ4n) is 1.93. The van der Waals surface area contributed by atoms with Crippen LogP contribution in [0.2, 0.25) is 0 Å². The van der Waals surface area contributed by atoms with E-state index >= 15 is 0 Å². The second-order valence-electron chi connectivity index (χ2n) is 4.74. The Morgan fingerprint density at radius 3 is 3.05 bits per heavy atom. The van der Waals surface area contributed by atoms with E-state index in [1.165, 1.54) is 0 Å². The lowest BCUT2D eigenvalue weighted by molar-refractivity contribution is 0.0909. The molecule has 0 aliphatic heterocycles. The zero-order valence-electron chi connectivity index (χ0n) is 11.1. The van der Waals surface area contributed by atoms with Gasteiger partial charge in [0.05, 0.1) is 18.9 Å². The molecule has 3 N–H and O–H groups in total. The molecule has 1 heterocycles. The van der Waals surface area contributed by atoms with Crippen molar-refractivity contribution in [2.75, 3.05) is 25.5 Å². The van der Waals surface area contributed by atoms with E-state index in [4.69, 9.17) is 10.5 Å². The Balaban J connectivity index is 1.78. The third-order valence-electron chi connectivity index (χ3n) is 3.04. The molecule has 5 heteroatoms. The van der Waals surface area contributed by atoms with E-state index in [9.17, 15) is 4.79 Å². The average molecular weight is 263 g/mol. The third kappa shape index (κ3) is 3.86. The Labute approximate surface area is 113 Å². The molecule has 1 amide bonds. The van der Waals surface area contributed by atoms with Crippen molar-refractivity contribution in [2.45, 2.75) is 25.3 Å². The van der Waals surface area contributed by atoms with Gasteiger partial charge < -0.3 is 20.4 Å². The van der Waals surface area contributed by atoms with Crippen molar-refractivity contribution in [1.29, 1.82) is 0 Å². The molecule has 1 fully saturated rings. The van der Waals surface area contributed by atoms with Gasteiger partial charge in [-0.3, -0.25) is 4.79 Å². The molecule has 104 valence electrons. The molecule has 0 saturated heterocycles. The van der Waals surface area contributed by atoms with Crippen LogP contribution < -0.4 is 11.1 Å². The SMILES string of the molecule is C=CCCOCCNC(=O)c1cc(N)cn1C1CC1. The van der Waals surface area contributed by atoms with E-state index in [0.29, 0.717) is 37.2 Å². The minimum Gasteiger partial charge on any atom is -0.397 e. The van der Waals surface area contributed by atoms with E-state index in [1.54, 1.807) is 6.07 Å². The fourth-order valence-corrected chi connectivity index (χ4v) is 1.93. The lowest BCUT2D eigenvalue weighted by Gasteiger charge is -2.08. The quantitative estimate of drug-likeness (QED) is 0.554. The molecule has 2 rings (SSSR count). The monoisotopic (exact) mass is 263 g/mol. The van der Waals surface area contributed by atoms with Gasteiger partial charge in [0.1, 0.15) is 5.69 Å². The number of ether oxygens (including phenoxy) is 1. The number of hydrogen-bond acceptors (Lipinski definition) is 3. The van der Waals surface area contributed by atoms with Crippen molar-refractivity contribution in [2.24, 2.45) is 0 Å².